The van der Waals surface area contributed by atoms with Crippen molar-refractivity contribution in [3.8, 4) is 0 Å². The van der Waals surface area contributed by atoms with Crippen molar-refractivity contribution in [1.82, 2.24) is 10.3 Å². The summed E-state index contributed by atoms with van der Waals surface area (Å²) >= 11 is 1.22. The highest BCUT2D eigenvalue weighted by molar-refractivity contribution is 8.03. The van der Waals surface area contributed by atoms with Crippen molar-refractivity contribution in [3.05, 3.63) is 41.7 Å². The summed E-state index contributed by atoms with van der Waals surface area (Å²) in [5, 5.41) is 13.7. The van der Waals surface area contributed by atoms with Crippen LogP contribution in [-0.4, -0.2) is 16.1 Å². The number of aromatic nitrogens is 1. The van der Waals surface area contributed by atoms with Gasteiger partial charge in [0, 0.05) is 24.2 Å². The summed E-state index contributed by atoms with van der Waals surface area (Å²) in [5.41, 5.74) is 0.641. The lowest BCUT2D eigenvalue weighted by Crippen LogP contribution is -2.41. The van der Waals surface area contributed by atoms with Gasteiger partial charge in [0.25, 0.3) is 0 Å². The second-order valence-electron chi connectivity index (χ2n) is 2.79. The van der Waals surface area contributed by atoms with Crippen molar-refractivity contribution in [1.29, 1.82) is 0 Å². The SMILES string of the molecule is O=C(O)C1(c2cccnc2)NC=CS1. The standard InChI is InChI=1S/C9H8N2O2S/c12-8(13)9(11-4-5-14-9)7-2-1-3-10-6-7/h1-6,11H,(H,12,13). The minimum absolute atomic E-state index is 0.641. The molecule has 0 saturated carbocycles. The summed E-state index contributed by atoms with van der Waals surface area (Å²) in [6.45, 7) is 0. The molecular formula is C9H8N2O2S. The Labute approximate surface area is 85.0 Å². The monoisotopic (exact) mass is 208 g/mol. The molecule has 5 heteroatoms. The first-order valence-electron chi connectivity index (χ1n) is 4.00. The molecule has 1 unspecified atom stereocenters. The Kier molecular flexibility index (Phi) is 2.17. The van der Waals surface area contributed by atoms with Crippen molar-refractivity contribution < 1.29 is 9.90 Å². The van der Waals surface area contributed by atoms with Crippen LogP contribution >= 0.6 is 11.8 Å². The highest BCUT2D eigenvalue weighted by Crippen LogP contribution is 2.38. The van der Waals surface area contributed by atoms with E-state index in [1.165, 1.54) is 11.8 Å². The normalized spacial score (nSPS) is 24.6. The summed E-state index contributed by atoms with van der Waals surface area (Å²) in [4.78, 5) is 14.0. The summed E-state index contributed by atoms with van der Waals surface area (Å²) in [6, 6.07) is 3.47. The van der Waals surface area contributed by atoms with Crippen LogP contribution in [0, 0.1) is 0 Å². The number of carbonyl (C=O) groups is 1. The number of carboxylic acid groups (broad SMARTS) is 1. The summed E-state index contributed by atoms with van der Waals surface area (Å²) < 4.78 is 0. The number of hydrogen-bond donors (Lipinski definition) is 2. The second kappa shape index (κ2) is 3.34. The Balaban J connectivity index is 2.43. The number of thioether (sulfide) groups is 1. The molecule has 0 aromatic carbocycles. The van der Waals surface area contributed by atoms with Crippen LogP contribution in [0.15, 0.2) is 36.1 Å². The van der Waals surface area contributed by atoms with E-state index in [4.69, 9.17) is 5.11 Å². The van der Waals surface area contributed by atoms with Crippen molar-refractivity contribution in [2.24, 2.45) is 0 Å². The van der Waals surface area contributed by atoms with Crippen LogP contribution in [-0.2, 0) is 9.67 Å². The maximum Gasteiger partial charge on any atom is 0.345 e. The number of rotatable bonds is 2. The molecule has 0 aliphatic carbocycles. The number of carboxylic acids is 1. The van der Waals surface area contributed by atoms with Crippen LogP contribution in [0.3, 0.4) is 0 Å². The number of nitrogens with one attached hydrogen (secondary N) is 1. The highest BCUT2D eigenvalue weighted by atomic mass is 32.2. The van der Waals surface area contributed by atoms with Gasteiger partial charge in [0.2, 0.25) is 4.87 Å². The van der Waals surface area contributed by atoms with Crippen LogP contribution in [0.4, 0.5) is 0 Å². The fourth-order valence-electron chi connectivity index (χ4n) is 1.28. The third-order valence-corrected chi connectivity index (χ3v) is 3.12. The Morgan fingerprint density at radius 3 is 3.00 bits per heavy atom. The van der Waals surface area contributed by atoms with Gasteiger partial charge in [-0.15, -0.1) is 0 Å². The minimum Gasteiger partial charge on any atom is -0.479 e. The topological polar surface area (TPSA) is 62.2 Å². The van der Waals surface area contributed by atoms with E-state index >= 15 is 0 Å². The molecule has 72 valence electrons. The lowest BCUT2D eigenvalue weighted by atomic mass is 10.1. The molecule has 14 heavy (non-hydrogen) atoms. The molecule has 0 radical (unpaired) electrons. The summed E-state index contributed by atoms with van der Waals surface area (Å²) in [5.74, 6) is -0.916. The number of nitrogens with zero attached hydrogens (tertiary/aromatic N) is 1. The van der Waals surface area contributed by atoms with Crippen LogP contribution < -0.4 is 5.32 Å². The van der Waals surface area contributed by atoms with Gasteiger partial charge in [-0.05, 0) is 11.5 Å². The van der Waals surface area contributed by atoms with Crippen LogP contribution in [0.25, 0.3) is 0 Å². The second-order valence-corrected chi connectivity index (χ2v) is 3.91. The average molecular weight is 208 g/mol. The zero-order valence-corrected chi connectivity index (χ0v) is 7.99. The molecule has 1 atom stereocenters. The Morgan fingerprint density at radius 1 is 1.64 bits per heavy atom. The van der Waals surface area contributed by atoms with Gasteiger partial charge in [-0.2, -0.15) is 0 Å². The molecule has 0 fully saturated rings. The highest BCUT2D eigenvalue weighted by Gasteiger charge is 2.42. The first kappa shape index (κ1) is 9.08. The zero-order valence-electron chi connectivity index (χ0n) is 7.18. The fourth-order valence-corrected chi connectivity index (χ4v) is 2.11. The van der Waals surface area contributed by atoms with E-state index in [9.17, 15) is 4.79 Å². The van der Waals surface area contributed by atoms with E-state index in [0.717, 1.165) is 0 Å². The molecule has 0 amide bonds. The third kappa shape index (κ3) is 1.26. The van der Waals surface area contributed by atoms with E-state index in [0.29, 0.717) is 5.56 Å². The molecule has 1 aromatic rings. The van der Waals surface area contributed by atoms with Crippen LogP contribution in [0.1, 0.15) is 5.56 Å². The fraction of sp³-hybridized carbons (Fsp3) is 0.111. The maximum absolute atomic E-state index is 11.2. The molecule has 2 rings (SSSR count). The van der Waals surface area contributed by atoms with E-state index in [-0.39, 0.29) is 0 Å². The van der Waals surface area contributed by atoms with Crippen molar-refractivity contribution in [2.75, 3.05) is 0 Å². The Hall–Kier alpha value is -1.49. The van der Waals surface area contributed by atoms with E-state index in [1.807, 2.05) is 0 Å². The summed E-state index contributed by atoms with van der Waals surface area (Å²) in [6.07, 6.45) is 4.80. The Bertz CT molecular complexity index is 370. The minimum atomic E-state index is -1.10. The average Bonchev–Trinajstić information content (AvgIpc) is 2.69. The van der Waals surface area contributed by atoms with E-state index in [2.05, 4.69) is 10.3 Å². The van der Waals surface area contributed by atoms with Gasteiger partial charge in [0.1, 0.15) is 0 Å². The van der Waals surface area contributed by atoms with Crippen molar-refractivity contribution in [3.63, 3.8) is 0 Å². The molecule has 1 aliphatic rings. The molecular weight excluding hydrogens is 200 g/mol. The maximum atomic E-state index is 11.2. The largest absolute Gasteiger partial charge is 0.479 e. The first-order chi connectivity index (χ1) is 6.76. The molecule has 2 N–H and O–H groups in total. The van der Waals surface area contributed by atoms with E-state index in [1.54, 1.807) is 36.1 Å². The summed E-state index contributed by atoms with van der Waals surface area (Å²) in [7, 11) is 0. The number of pyridine rings is 1. The molecule has 0 spiro atoms. The van der Waals surface area contributed by atoms with Crippen molar-refractivity contribution in [2.45, 2.75) is 4.87 Å². The van der Waals surface area contributed by atoms with Crippen molar-refractivity contribution >= 4 is 17.7 Å². The quantitative estimate of drug-likeness (QED) is 0.762. The smallest absolute Gasteiger partial charge is 0.345 e. The van der Waals surface area contributed by atoms with Crippen LogP contribution in [0.5, 0.6) is 0 Å². The lowest BCUT2D eigenvalue weighted by Gasteiger charge is -2.23. The molecule has 0 bridgehead atoms. The van der Waals surface area contributed by atoms with Gasteiger partial charge < -0.3 is 10.4 Å². The van der Waals surface area contributed by atoms with E-state index < -0.39 is 10.8 Å². The molecule has 4 nitrogen and oxygen atoms in total. The van der Waals surface area contributed by atoms with Gasteiger partial charge in [-0.25, -0.2) is 4.79 Å². The van der Waals surface area contributed by atoms with Crippen LogP contribution in [0.2, 0.25) is 0 Å². The molecule has 2 heterocycles. The van der Waals surface area contributed by atoms with Gasteiger partial charge in [0.05, 0.1) is 0 Å². The van der Waals surface area contributed by atoms with Gasteiger partial charge in [0.15, 0.2) is 0 Å². The number of aliphatic carboxylic acids is 1. The molecule has 1 aromatic heterocycles. The Morgan fingerprint density at radius 2 is 2.50 bits per heavy atom. The van der Waals surface area contributed by atoms with Gasteiger partial charge >= 0.3 is 5.97 Å². The predicted octanol–water partition coefficient (Wildman–Crippen LogP) is 1.13. The zero-order chi connectivity index (χ0) is 10.0. The van der Waals surface area contributed by atoms with Gasteiger partial charge in [-0.1, -0.05) is 17.8 Å². The number of hydrogen-bond acceptors (Lipinski definition) is 4. The van der Waals surface area contributed by atoms with Gasteiger partial charge in [-0.3, -0.25) is 4.98 Å². The predicted molar refractivity (Wildman–Crippen MR) is 53.4 cm³/mol. The first-order valence-corrected chi connectivity index (χ1v) is 4.88. The molecule has 1 aliphatic heterocycles. The molecule has 0 saturated heterocycles. The lowest BCUT2D eigenvalue weighted by molar-refractivity contribution is -0.140. The third-order valence-electron chi connectivity index (χ3n) is 1.97.